The first-order chi connectivity index (χ1) is 10.1. The van der Waals surface area contributed by atoms with Gasteiger partial charge in [0.25, 0.3) is 0 Å². The number of hydrazine groups is 1. The molecule has 0 saturated carbocycles. The van der Waals surface area contributed by atoms with E-state index in [1.165, 1.54) is 0 Å². The van der Waals surface area contributed by atoms with Crippen LogP contribution in [0.2, 0.25) is 0 Å². The number of hydrogen-bond donors (Lipinski definition) is 1. The lowest BCUT2D eigenvalue weighted by molar-refractivity contribution is -0.109. The van der Waals surface area contributed by atoms with Crippen LogP contribution in [0.5, 0.6) is 0 Å². The molecule has 1 N–H and O–H groups in total. The van der Waals surface area contributed by atoms with Gasteiger partial charge >= 0.3 is 0 Å². The SMILES string of the molecule is Cc1c2cccc(N(C=O)N(C)C)c2nn1C1CCNC1. The summed E-state index contributed by atoms with van der Waals surface area (Å²) in [4.78, 5) is 11.4. The molecule has 2 aromatic rings. The van der Waals surface area contributed by atoms with Crippen molar-refractivity contribution in [3.8, 4) is 0 Å². The minimum atomic E-state index is 0.397. The second kappa shape index (κ2) is 5.46. The molecule has 1 atom stereocenters. The van der Waals surface area contributed by atoms with Crippen molar-refractivity contribution in [2.75, 3.05) is 32.2 Å². The minimum absolute atomic E-state index is 0.397. The Bertz CT molecular complexity index is 657. The van der Waals surface area contributed by atoms with Gasteiger partial charge in [-0.3, -0.25) is 9.48 Å². The van der Waals surface area contributed by atoms with Crippen LogP contribution < -0.4 is 10.3 Å². The molecule has 112 valence electrons. The first kappa shape index (κ1) is 14.0. The quantitative estimate of drug-likeness (QED) is 0.680. The zero-order valence-corrected chi connectivity index (χ0v) is 12.7. The fourth-order valence-electron chi connectivity index (χ4n) is 2.99. The first-order valence-corrected chi connectivity index (χ1v) is 7.23. The molecule has 0 spiro atoms. The maximum atomic E-state index is 11.4. The zero-order chi connectivity index (χ0) is 15.0. The summed E-state index contributed by atoms with van der Waals surface area (Å²) in [6.45, 7) is 4.08. The van der Waals surface area contributed by atoms with Crippen LogP contribution in [0.4, 0.5) is 5.69 Å². The van der Waals surface area contributed by atoms with Crippen molar-refractivity contribution in [2.24, 2.45) is 0 Å². The Kier molecular flexibility index (Phi) is 3.65. The highest BCUT2D eigenvalue weighted by molar-refractivity contribution is 5.96. The number of hydrogen-bond acceptors (Lipinski definition) is 4. The van der Waals surface area contributed by atoms with Gasteiger partial charge in [-0.25, -0.2) is 10.0 Å². The van der Waals surface area contributed by atoms with E-state index in [-0.39, 0.29) is 0 Å². The number of anilines is 1. The van der Waals surface area contributed by atoms with Gasteiger partial charge in [0.1, 0.15) is 5.52 Å². The molecule has 3 rings (SSSR count). The molecule has 1 saturated heterocycles. The van der Waals surface area contributed by atoms with E-state index in [9.17, 15) is 4.79 Å². The Hall–Kier alpha value is -1.92. The molecule has 2 heterocycles. The number of aromatic nitrogens is 2. The maximum absolute atomic E-state index is 11.4. The number of aryl methyl sites for hydroxylation is 1. The van der Waals surface area contributed by atoms with Crippen molar-refractivity contribution in [1.29, 1.82) is 0 Å². The smallest absolute Gasteiger partial charge is 0.228 e. The molecule has 1 unspecified atom stereocenters. The van der Waals surface area contributed by atoms with E-state index in [4.69, 9.17) is 5.10 Å². The predicted octanol–water partition coefficient (Wildman–Crippen LogP) is 1.32. The van der Waals surface area contributed by atoms with Crippen molar-refractivity contribution in [3.05, 3.63) is 23.9 Å². The molecule has 21 heavy (non-hydrogen) atoms. The molecular formula is C15H21N5O. The fourth-order valence-corrected chi connectivity index (χ4v) is 2.99. The van der Waals surface area contributed by atoms with Crippen LogP contribution >= 0.6 is 0 Å². The molecule has 0 radical (unpaired) electrons. The van der Waals surface area contributed by atoms with Crippen LogP contribution in [0.1, 0.15) is 18.2 Å². The monoisotopic (exact) mass is 287 g/mol. The number of fused-ring (bicyclic) bond motifs is 1. The topological polar surface area (TPSA) is 53.4 Å². The number of nitrogens with zero attached hydrogens (tertiary/aromatic N) is 4. The summed E-state index contributed by atoms with van der Waals surface area (Å²) >= 11 is 0. The maximum Gasteiger partial charge on any atom is 0.228 e. The summed E-state index contributed by atoms with van der Waals surface area (Å²) in [5, 5.41) is 12.6. The van der Waals surface area contributed by atoms with Gasteiger partial charge in [0, 0.05) is 31.7 Å². The van der Waals surface area contributed by atoms with Crippen molar-refractivity contribution in [1.82, 2.24) is 20.1 Å². The predicted molar refractivity (Wildman–Crippen MR) is 83.2 cm³/mol. The molecular weight excluding hydrogens is 266 g/mol. The molecule has 0 bridgehead atoms. The van der Waals surface area contributed by atoms with Crippen molar-refractivity contribution in [2.45, 2.75) is 19.4 Å². The largest absolute Gasteiger partial charge is 0.315 e. The number of carbonyl (C=O) groups is 1. The number of amides is 1. The number of nitrogens with one attached hydrogen (secondary N) is 1. The fraction of sp³-hybridized carbons (Fsp3) is 0.467. The summed E-state index contributed by atoms with van der Waals surface area (Å²) in [7, 11) is 3.69. The van der Waals surface area contributed by atoms with E-state index in [2.05, 4.69) is 23.0 Å². The summed E-state index contributed by atoms with van der Waals surface area (Å²) in [5.74, 6) is 0. The van der Waals surface area contributed by atoms with Gasteiger partial charge in [0.05, 0.1) is 11.7 Å². The van der Waals surface area contributed by atoms with Crippen molar-refractivity contribution in [3.63, 3.8) is 0 Å². The number of carbonyl (C=O) groups excluding carboxylic acids is 1. The number of rotatable bonds is 4. The second-order valence-electron chi connectivity index (χ2n) is 5.65. The lowest BCUT2D eigenvalue weighted by Crippen LogP contribution is -2.35. The number of benzene rings is 1. The van der Waals surface area contributed by atoms with Crippen LogP contribution in [0.3, 0.4) is 0 Å². The summed E-state index contributed by atoms with van der Waals surface area (Å²) in [6.07, 6.45) is 1.91. The molecule has 1 aromatic carbocycles. The normalized spacial score (nSPS) is 18.6. The molecule has 1 fully saturated rings. The molecule has 6 nitrogen and oxygen atoms in total. The van der Waals surface area contributed by atoms with Crippen LogP contribution in [-0.2, 0) is 4.79 Å². The summed E-state index contributed by atoms with van der Waals surface area (Å²) in [5.41, 5.74) is 2.85. The van der Waals surface area contributed by atoms with Crippen LogP contribution in [-0.4, -0.2) is 48.4 Å². The van der Waals surface area contributed by atoms with Gasteiger partial charge in [-0.15, -0.1) is 0 Å². The lowest BCUT2D eigenvalue weighted by Gasteiger charge is -2.24. The summed E-state index contributed by atoms with van der Waals surface area (Å²) < 4.78 is 2.10. The van der Waals surface area contributed by atoms with Crippen LogP contribution in [0.25, 0.3) is 10.9 Å². The molecule has 1 aromatic heterocycles. The van der Waals surface area contributed by atoms with Gasteiger partial charge in [-0.05, 0) is 26.0 Å². The molecule has 0 aliphatic carbocycles. The Balaban J connectivity index is 2.14. The Morgan fingerprint density at radius 1 is 1.43 bits per heavy atom. The van der Waals surface area contributed by atoms with E-state index < -0.39 is 0 Å². The van der Waals surface area contributed by atoms with E-state index in [1.54, 1.807) is 10.0 Å². The third-order valence-electron chi connectivity index (χ3n) is 4.11. The van der Waals surface area contributed by atoms with Crippen molar-refractivity contribution >= 4 is 23.0 Å². The first-order valence-electron chi connectivity index (χ1n) is 7.23. The highest BCUT2D eigenvalue weighted by Crippen LogP contribution is 2.30. The third kappa shape index (κ3) is 2.30. The van der Waals surface area contributed by atoms with E-state index in [1.807, 2.05) is 26.2 Å². The summed E-state index contributed by atoms with van der Waals surface area (Å²) in [6, 6.07) is 6.37. The van der Waals surface area contributed by atoms with Gasteiger partial charge in [0.15, 0.2) is 0 Å². The molecule has 1 aliphatic heterocycles. The van der Waals surface area contributed by atoms with E-state index >= 15 is 0 Å². The van der Waals surface area contributed by atoms with E-state index in [0.29, 0.717) is 6.04 Å². The molecule has 1 aliphatic rings. The van der Waals surface area contributed by atoms with Crippen LogP contribution in [0.15, 0.2) is 18.2 Å². The third-order valence-corrected chi connectivity index (χ3v) is 4.11. The second-order valence-corrected chi connectivity index (χ2v) is 5.65. The average Bonchev–Trinajstić information content (AvgIpc) is 3.08. The van der Waals surface area contributed by atoms with Crippen molar-refractivity contribution < 1.29 is 4.79 Å². The minimum Gasteiger partial charge on any atom is -0.315 e. The van der Waals surface area contributed by atoms with Gasteiger partial charge < -0.3 is 5.32 Å². The average molecular weight is 287 g/mol. The van der Waals surface area contributed by atoms with Gasteiger partial charge in [-0.1, -0.05) is 12.1 Å². The molecule has 1 amide bonds. The highest BCUT2D eigenvalue weighted by atomic mass is 16.1. The van der Waals surface area contributed by atoms with Crippen LogP contribution in [0, 0.1) is 6.92 Å². The Labute approximate surface area is 124 Å². The van der Waals surface area contributed by atoms with Gasteiger partial charge in [-0.2, -0.15) is 5.10 Å². The highest BCUT2D eigenvalue weighted by Gasteiger charge is 2.22. The van der Waals surface area contributed by atoms with Gasteiger partial charge in [0.2, 0.25) is 6.41 Å². The molecule has 6 heteroatoms. The zero-order valence-electron chi connectivity index (χ0n) is 12.7. The van der Waals surface area contributed by atoms with E-state index in [0.717, 1.165) is 48.2 Å². The lowest BCUT2D eigenvalue weighted by atomic mass is 10.2. The Morgan fingerprint density at radius 2 is 2.24 bits per heavy atom. The Morgan fingerprint density at radius 3 is 2.86 bits per heavy atom. The standard InChI is InChI=1S/C15H21N5O/c1-11-13-5-4-6-14(19(10-21)18(2)3)15(13)17-20(11)12-7-8-16-9-12/h4-6,10,12,16H,7-9H2,1-3H3.